The van der Waals surface area contributed by atoms with Crippen LogP contribution >= 0.6 is 0 Å². The zero-order valence-electron chi connectivity index (χ0n) is 23.8. The summed E-state index contributed by atoms with van der Waals surface area (Å²) in [5.74, 6) is 0.536. The second-order valence-electron chi connectivity index (χ2n) is 13.0. The van der Waals surface area contributed by atoms with Gasteiger partial charge in [-0.25, -0.2) is 0 Å². The fourth-order valence-electron chi connectivity index (χ4n) is 4.42. The Kier molecular flexibility index (Phi) is 7.51. The average Bonchev–Trinajstić information content (AvgIpc) is 2.76. The Labute approximate surface area is 218 Å². The molecule has 2 N–H and O–H groups in total. The molecule has 2 aromatic carbocycles. The molecule has 0 aliphatic carbocycles. The van der Waals surface area contributed by atoms with E-state index >= 15 is 0 Å². The number of nitrogens with zero attached hydrogens (tertiary/aromatic N) is 2. The molecule has 1 atom stereocenters. The highest BCUT2D eigenvalue weighted by Crippen LogP contribution is 2.45. The second kappa shape index (κ2) is 9.80. The number of anilines is 1. The van der Waals surface area contributed by atoms with Gasteiger partial charge in [-0.05, 0) is 64.6 Å². The van der Waals surface area contributed by atoms with Crippen LogP contribution < -0.4 is 4.90 Å². The average molecular weight is 489 g/mol. The number of aromatic hydroxyl groups is 2. The number of hydrogen-bond acceptors (Lipinski definition) is 4. The fraction of sp³-hybridized carbons (Fsp3) is 0.469. The van der Waals surface area contributed by atoms with Crippen LogP contribution in [0.25, 0.3) is 0 Å². The Hall–Kier alpha value is -3.01. The summed E-state index contributed by atoms with van der Waals surface area (Å²) in [4.78, 5) is 6.80. The lowest BCUT2D eigenvalue weighted by atomic mass is 9.79. The molecule has 0 bridgehead atoms. The van der Waals surface area contributed by atoms with E-state index in [1.54, 1.807) is 12.3 Å². The number of pyridine rings is 1. The fourth-order valence-corrected chi connectivity index (χ4v) is 4.42. The summed E-state index contributed by atoms with van der Waals surface area (Å²) in [7, 11) is 0. The van der Waals surface area contributed by atoms with Gasteiger partial charge in [0.15, 0.2) is 0 Å². The number of benzene rings is 2. The lowest BCUT2D eigenvalue weighted by Crippen LogP contribution is -2.29. The van der Waals surface area contributed by atoms with E-state index < -0.39 is 0 Å². The molecular weight excluding hydrogens is 444 g/mol. The quantitative estimate of drug-likeness (QED) is 0.380. The summed E-state index contributed by atoms with van der Waals surface area (Å²) in [5.41, 5.74) is 5.32. The molecule has 3 rings (SSSR count). The highest BCUT2D eigenvalue weighted by molar-refractivity contribution is 5.66. The summed E-state index contributed by atoms with van der Waals surface area (Å²) in [6.45, 7) is 22.0. The van der Waals surface area contributed by atoms with Crippen molar-refractivity contribution in [3.05, 3.63) is 82.7 Å². The third kappa shape index (κ3) is 6.03. The van der Waals surface area contributed by atoms with Gasteiger partial charge < -0.3 is 15.1 Å². The number of aromatic nitrogens is 1. The number of phenolic OH excluding ortho intramolecular Hbond substituents is 2. The van der Waals surface area contributed by atoms with E-state index in [2.05, 4.69) is 97.3 Å². The molecule has 0 unspecified atom stereocenters. The third-order valence-corrected chi connectivity index (χ3v) is 6.94. The van der Waals surface area contributed by atoms with Crippen LogP contribution in [0.3, 0.4) is 0 Å². The standard InChI is InChI=1S/C32H44N2O2/c1-21(26-13-11-12-16-33-26)34(20-22-17-23(30(2,3)4)14-15-28(22)35)27-19-24(31(5,6)7)18-25(29(27)36)32(8,9)10/h11-19,21,35-36H,20H2,1-10H3/t21-/m0/s1. The van der Waals surface area contributed by atoms with Gasteiger partial charge in [0.25, 0.3) is 0 Å². The molecule has 36 heavy (non-hydrogen) atoms. The van der Waals surface area contributed by atoms with Crippen LogP contribution in [0.4, 0.5) is 5.69 Å². The molecule has 4 nitrogen and oxygen atoms in total. The topological polar surface area (TPSA) is 56.6 Å². The SMILES string of the molecule is C[C@@H](c1ccccn1)N(Cc1cc(C(C)(C)C)ccc1O)c1cc(C(C)(C)C)cc(C(C)(C)C)c1O. The molecule has 0 fully saturated rings. The van der Waals surface area contributed by atoms with Crippen molar-refractivity contribution in [2.24, 2.45) is 0 Å². The minimum Gasteiger partial charge on any atom is -0.508 e. The van der Waals surface area contributed by atoms with Gasteiger partial charge in [-0.1, -0.05) is 80.5 Å². The molecule has 0 aliphatic heterocycles. The first-order valence-corrected chi connectivity index (χ1v) is 12.9. The lowest BCUT2D eigenvalue weighted by Gasteiger charge is -2.36. The largest absolute Gasteiger partial charge is 0.508 e. The van der Waals surface area contributed by atoms with E-state index in [0.717, 1.165) is 33.6 Å². The van der Waals surface area contributed by atoms with Crippen LogP contribution in [0, 0.1) is 0 Å². The van der Waals surface area contributed by atoms with Crippen molar-refractivity contribution in [3.8, 4) is 11.5 Å². The Balaban J connectivity index is 2.27. The Bertz CT molecular complexity index is 1200. The van der Waals surface area contributed by atoms with Crippen molar-refractivity contribution in [2.45, 2.75) is 98.1 Å². The number of rotatable bonds is 5. The summed E-state index contributed by atoms with van der Waals surface area (Å²) in [5, 5.41) is 22.6. The predicted molar refractivity (Wildman–Crippen MR) is 151 cm³/mol. The number of phenols is 2. The van der Waals surface area contributed by atoms with Crippen molar-refractivity contribution in [1.82, 2.24) is 4.98 Å². The maximum Gasteiger partial charge on any atom is 0.142 e. The molecule has 3 aromatic rings. The van der Waals surface area contributed by atoms with Gasteiger partial charge in [0.1, 0.15) is 11.5 Å². The van der Waals surface area contributed by atoms with Gasteiger partial charge in [0.2, 0.25) is 0 Å². The highest BCUT2D eigenvalue weighted by Gasteiger charge is 2.30. The summed E-state index contributed by atoms with van der Waals surface area (Å²) >= 11 is 0. The van der Waals surface area contributed by atoms with Gasteiger partial charge >= 0.3 is 0 Å². The minimum atomic E-state index is -0.242. The van der Waals surface area contributed by atoms with Crippen LogP contribution in [0.2, 0.25) is 0 Å². The monoisotopic (exact) mass is 488 g/mol. The van der Waals surface area contributed by atoms with Gasteiger partial charge in [0, 0.05) is 23.9 Å². The molecule has 0 spiro atoms. The summed E-state index contributed by atoms with van der Waals surface area (Å²) < 4.78 is 0. The Morgan fingerprint density at radius 3 is 1.94 bits per heavy atom. The van der Waals surface area contributed by atoms with Crippen molar-refractivity contribution in [3.63, 3.8) is 0 Å². The second-order valence-corrected chi connectivity index (χ2v) is 13.0. The minimum absolute atomic E-state index is 0.0480. The molecule has 0 saturated heterocycles. The van der Waals surface area contributed by atoms with E-state index in [4.69, 9.17) is 0 Å². The van der Waals surface area contributed by atoms with Gasteiger partial charge in [-0.15, -0.1) is 0 Å². The molecule has 0 saturated carbocycles. The number of hydrogen-bond donors (Lipinski definition) is 2. The van der Waals surface area contributed by atoms with Crippen LogP contribution in [0.1, 0.15) is 103 Å². The van der Waals surface area contributed by atoms with E-state index in [1.165, 1.54) is 0 Å². The maximum atomic E-state index is 11.7. The maximum absolute atomic E-state index is 11.7. The van der Waals surface area contributed by atoms with E-state index in [-0.39, 0.29) is 33.8 Å². The zero-order chi connectivity index (χ0) is 27.1. The van der Waals surface area contributed by atoms with Crippen LogP contribution in [-0.2, 0) is 22.8 Å². The molecule has 0 amide bonds. The first kappa shape index (κ1) is 27.6. The van der Waals surface area contributed by atoms with Crippen molar-refractivity contribution in [1.29, 1.82) is 0 Å². The van der Waals surface area contributed by atoms with Crippen molar-refractivity contribution < 1.29 is 10.2 Å². The first-order valence-electron chi connectivity index (χ1n) is 12.9. The van der Waals surface area contributed by atoms with Crippen molar-refractivity contribution in [2.75, 3.05) is 4.90 Å². The van der Waals surface area contributed by atoms with Crippen LogP contribution in [0.5, 0.6) is 11.5 Å². The van der Waals surface area contributed by atoms with Gasteiger partial charge in [0.05, 0.1) is 17.4 Å². The third-order valence-electron chi connectivity index (χ3n) is 6.94. The van der Waals surface area contributed by atoms with E-state index in [0.29, 0.717) is 6.54 Å². The van der Waals surface area contributed by atoms with Crippen molar-refractivity contribution >= 4 is 5.69 Å². The molecule has 194 valence electrons. The molecular formula is C32H44N2O2. The van der Waals surface area contributed by atoms with Crippen LogP contribution in [0.15, 0.2) is 54.7 Å². The Morgan fingerprint density at radius 1 is 0.778 bits per heavy atom. The van der Waals surface area contributed by atoms with Gasteiger partial charge in [-0.2, -0.15) is 0 Å². The molecule has 1 aromatic heterocycles. The lowest BCUT2D eigenvalue weighted by molar-refractivity contribution is 0.439. The first-order chi connectivity index (χ1) is 16.5. The van der Waals surface area contributed by atoms with Crippen LogP contribution in [-0.4, -0.2) is 15.2 Å². The normalized spacial score (nSPS) is 13.5. The molecule has 4 heteroatoms. The van der Waals surface area contributed by atoms with E-state index in [1.807, 2.05) is 24.3 Å². The van der Waals surface area contributed by atoms with Gasteiger partial charge in [-0.3, -0.25) is 4.98 Å². The zero-order valence-corrected chi connectivity index (χ0v) is 23.8. The highest BCUT2D eigenvalue weighted by atomic mass is 16.3. The van der Waals surface area contributed by atoms with E-state index in [9.17, 15) is 10.2 Å². The molecule has 0 radical (unpaired) electrons. The summed E-state index contributed by atoms with van der Waals surface area (Å²) in [6, 6.07) is 15.9. The predicted octanol–water partition coefficient (Wildman–Crippen LogP) is 8.15. The molecule has 1 heterocycles. The Morgan fingerprint density at radius 2 is 1.42 bits per heavy atom. The smallest absolute Gasteiger partial charge is 0.142 e. The molecule has 0 aliphatic rings. The summed E-state index contributed by atoms with van der Waals surface area (Å²) in [6.07, 6.45) is 1.80.